The normalized spacial score (nSPS) is 11.2. The van der Waals surface area contributed by atoms with Crippen LogP contribution >= 0.6 is 11.6 Å². The maximum absolute atomic E-state index is 6.22. The lowest BCUT2D eigenvalue weighted by Gasteiger charge is -2.01. The fourth-order valence-electron chi connectivity index (χ4n) is 2.02. The molecule has 4 heteroatoms. The molecule has 0 aliphatic rings. The smallest absolute Gasteiger partial charge is 0.229 e. The third kappa shape index (κ3) is 1.46. The maximum Gasteiger partial charge on any atom is 0.229 e. The van der Waals surface area contributed by atoms with Crippen LogP contribution in [0, 0.1) is 13.8 Å². The van der Waals surface area contributed by atoms with Gasteiger partial charge in [-0.1, -0.05) is 29.8 Å². The number of fused-ring (bicyclic) bond motifs is 1. The Bertz CT molecular complexity index is 697. The second-order valence-corrected chi connectivity index (χ2v) is 4.44. The van der Waals surface area contributed by atoms with Crippen molar-refractivity contribution in [3.05, 3.63) is 46.9 Å². The van der Waals surface area contributed by atoms with Crippen LogP contribution in [0.5, 0.6) is 0 Å². The van der Waals surface area contributed by atoms with Crippen LogP contribution < -0.4 is 0 Å². The molecule has 2 heterocycles. The Morgan fingerprint density at radius 2 is 2.00 bits per heavy atom. The molecule has 0 atom stereocenters. The highest BCUT2D eigenvalue weighted by Gasteiger charge is 2.17. The van der Waals surface area contributed by atoms with Crippen molar-refractivity contribution in [2.45, 2.75) is 13.8 Å². The van der Waals surface area contributed by atoms with Gasteiger partial charge >= 0.3 is 0 Å². The first-order valence-electron chi connectivity index (χ1n) is 5.37. The third-order valence-corrected chi connectivity index (χ3v) is 3.17. The van der Waals surface area contributed by atoms with Crippen LogP contribution in [0.15, 0.2) is 34.9 Å². The summed E-state index contributed by atoms with van der Waals surface area (Å²) in [6.45, 7) is 3.92. The first kappa shape index (κ1) is 10.4. The van der Waals surface area contributed by atoms with E-state index < -0.39 is 0 Å². The largest absolute Gasteiger partial charge is 0.444 e. The van der Waals surface area contributed by atoms with E-state index in [0.717, 1.165) is 28.2 Å². The number of rotatable bonds is 1. The first-order chi connectivity index (χ1) is 8.18. The molecule has 0 saturated heterocycles. The molecule has 0 aliphatic carbocycles. The lowest BCUT2D eigenvalue weighted by molar-refractivity contribution is 0.606. The maximum atomic E-state index is 6.22. The zero-order valence-corrected chi connectivity index (χ0v) is 10.3. The number of halogens is 1. The average Bonchev–Trinajstić information content (AvgIpc) is 2.80. The summed E-state index contributed by atoms with van der Waals surface area (Å²) in [4.78, 5) is 0. The molecule has 3 rings (SSSR count). The Labute approximate surface area is 104 Å². The SMILES string of the molecule is Cc1nn2c(C)coc2c1-c1ccccc1Cl. The summed E-state index contributed by atoms with van der Waals surface area (Å²) in [6, 6.07) is 7.72. The molecule has 0 unspecified atom stereocenters. The number of nitrogens with zero attached hydrogens (tertiary/aromatic N) is 2. The zero-order chi connectivity index (χ0) is 12.0. The van der Waals surface area contributed by atoms with E-state index in [1.54, 1.807) is 10.8 Å². The fraction of sp³-hybridized carbons (Fsp3) is 0.154. The highest BCUT2D eigenvalue weighted by molar-refractivity contribution is 6.33. The molecule has 0 aliphatic heterocycles. The molecule has 0 saturated carbocycles. The van der Waals surface area contributed by atoms with Crippen LogP contribution in [0.2, 0.25) is 5.02 Å². The summed E-state index contributed by atoms with van der Waals surface area (Å²) in [7, 11) is 0. The highest BCUT2D eigenvalue weighted by atomic mass is 35.5. The molecule has 0 radical (unpaired) electrons. The van der Waals surface area contributed by atoms with Gasteiger partial charge in [0.1, 0.15) is 6.26 Å². The molecule has 0 N–H and O–H groups in total. The summed E-state index contributed by atoms with van der Waals surface area (Å²) in [6.07, 6.45) is 1.70. The summed E-state index contributed by atoms with van der Waals surface area (Å²) in [5.41, 5.74) is 4.55. The van der Waals surface area contributed by atoms with E-state index in [-0.39, 0.29) is 0 Å². The minimum atomic E-state index is 0.708. The molecule has 0 amide bonds. The van der Waals surface area contributed by atoms with E-state index in [1.807, 2.05) is 38.1 Å². The second kappa shape index (κ2) is 3.64. The molecular formula is C13H11ClN2O. The Morgan fingerprint density at radius 3 is 2.76 bits per heavy atom. The second-order valence-electron chi connectivity index (χ2n) is 4.03. The van der Waals surface area contributed by atoms with Crippen LogP contribution in [0.3, 0.4) is 0 Å². The van der Waals surface area contributed by atoms with Crippen molar-refractivity contribution in [2.24, 2.45) is 0 Å². The molecule has 3 nitrogen and oxygen atoms in total. The molecule has 3 aromatic rings. The van der Waals surface area contributed by atoms with Crippen LogP contribution in [0.1, 0.15) is 11.4 Å². The molecule has 86 valence electrons. The topological polar surface area (TPSA) is 30.4 Å². The van der Waals surface area contributed by atoms with Crippen LogP contribution in [-0.4, -0.2) is 9.61 Å². The van der Waals surface area contributed by atoms with Crippen molar-refractivity contribution < 1.29 is 4.42 Å². The van der Waals surface area contributed by atoms with Crippen LogP contribution in [0.25, 0.3) is 16.8 Å². The van der Waals surface area contributed by atoms with E-state index in [1.165, 1.54) is 0 Å². The zero-order valence-electron chi connectivity index (χ0n) is 9.57. The Kier molecular flexibility index (Phi) is 2.23. The lowest BCUT2D eigenvalue weighted by Crippen LogP contribution is -1.85. The number of aromatic nitrogens is 2. The molecule has 1 aromatic carbocycles. The standard InChI is InChI=1S/C13H11ClN2O/c1-8-7-17-13-12(9(2)15-16(8)13)10-5-3-4-6-11(10)14/h3-7H,1-2H3. The van der Waals surface area contributed by atoms with E-state index in [2.05, 4.69) is 5.10 Å². The average molecular weight is 247 g/mol. The number of aryl methyl sites for hydroxylation is 2. The fourth-order valence-corrected chi connectivity index (χ4v) is 2.25. The molecule has 0 bridgehead atoms. The van der Waals surface area contributed by atoms with Gasteiger partial charge in [0.15, 0.2) is 0 Å². The lowest BCUT2D eigenvalue weighted by atomic mass is 10.1. The number of hydrogen-bond donors (Lipinski definition) is 0. The van der Waals surface area contributed by atoms with Gasteiger partial charge < -0.3 is 4.42 Å². The van der Waals surface area contributed by atoms with Gasteiger partial charge in [-0.25, -0.2) is 4.52 Å². The molecule has 0 spiro atoms. The van der Waals surface area contributed by atoms with Gasteiger partial charge in [-0.3, -0.25) is 0 Å². The molecular weight excluding hydrogens is 236 g/mol. The Balaban J connectivity index is 2.37. The minimum absolute atomic E-state index is 0.708. The summed E-state index contributed by atoms with van der Waals surface area (Å²) < 4.78 is 7.35. The first-order valence-corrected chi connectivity index (χ1v) is 5.74. The van der Waals surface area contributed by atoms with Crippen LogP contribution in [0.4, 0.5) is 0 Å². The third-order valence-electron chi connectivity index (χ3n) is 2.84. The highest BCUT2D eigenvalue weighted by Crippen LogP contribution is 2.34. The number of benzene rings is 1. The van der Waals surface area contributed by atoms with Gasteiger partial charge in [0, 0.05) is 10.6 Å². The van der Waals surface area contributed by atoms with Crippen molar-refractivity contribution in [1.82, 2.24) is 9.61 Å². The van der Waals surface area contributed by atoms with Crippen molar-refractivity contribution >= 4 is 17.3 Å². The molecule has 0 fully saturated rings. The molecule has 2 aromatic heterocycles. The summed E-state index contributed by atoms with van der Waals surface area (Å²) in [5.74, 6) is 0. The van der Waals surface area contributed by atoms with Gasteiger partial charge in [0.05, 0.1) is 17.0 Å². The van der Waals surface area contributed by atoms with Crippen molar-refractivity contribution in [3.63, 3.8) is 0 Å². The van der Waals surface area contributed by atoms with E-state index >= 15 is 0 Å². The van der Waals surface area contributed by atoms with Gasteiger partial charge in [-0.15, -0.1) is 0 Å². The van der Waals surface area contributed by atoms with Crippen molar-refractivity contribution in [1.29, 1.82) is 0 Å². The van der Waals surface area contributed by atoms with E-state index in [9.17, 15) is 0 Å². The molecule has 17 heavy (non-hydrogen) atoms. The van der Waals surface area contributed by atoms with Crippen molar-refractivity contribution in [3.8, 4) is 11.1 Å². The van der Waals surface area contributed by atoms with E-state index in [0.29, 0.717) is 5.02 Å². The van der Waals surface area contributed by atoms with Gasteiger partial charge in [0.25, 0.3) is 0 Å². The van der Waals surface area contributed by atoms with Crippen molar-refractivity contribution in [2.75, 3.05) is 0 Å². The minimum Gasteiger partial charge on any atom is -0.444 e. The Morgan fingerprint density at radius 1 is 1.24 bits per heavy atom. The van der Waals surface area contributed by atoms with Gasteiger partial charge in [-0.05, 0) is 19.9 Å². The Hall–Kier alpha value is -1.74. The van der Waals surface area contributed by atoms with Crippen LogP contribution in [-0.2, 0) is 0 Å². The predicted molar refractivity (Wildman–Crippen MR) is 67.4 cm³/mol. The number of oxazole rings is 1. The monoisotopic (exact) mass is 246 g/mol. The van der Waals surface area contributed by atoms with E-state index in [4.69, 9.17) is 16.0 Å². The summed E-state index contributed by atoms with van der Waals surface area (Å²) in [5, 5.41) is 5.16. The number of hydrogen-bond acceptors (Lipinski definition) is 2. The van der Waals surface area contributed by atoms with Gasteiger partial charge in [0.2, 0.25) is 5.71 Å². The summed E-state index contributed by atoms with van der Waals surface area (Å²) >= 11 is 6.22. The quantitative estimate of drug-likeness (QED) is 0.653. The predicted octanol–water partition coefficient (Wildman–Crippen LogP) is 3.86. The van der Waals surface area contributed by atoms with Gasteiger partial charge in [-0.2, -0.15) is 5.10 Å².